The molecule has 2 aromatic rings. The molecule has 0 aliphatic rings. The number of hydrogen-bond acceptors (Lipinski definition) is 2. The summed E-state index contributed by atoms with van der Waals surface area (Å²) >= 11 is 5.03. The van der Waals surface area contributed by atoms with Gasteiger partial charge in [-0.25, -0.2) is 0 Å². The van der Waals surface area contributed by atoms with Crippen molar-refractivity contribution < 1.29 is 4.79 Å². The summed E-state index contributed by atoms with van der Waals surface area (Å²) in [6.45, 7) is 2.08. The maximum absolute atomic E-state index is 12.1. The molecular formula is C14H14BrNOS. The quantitative estimate of drug-likeness (QED) is 0.888. The van der Waals surface area contributed by atoms with E-state index in [1.54, 1.807) is 11.3 Å². The molecule has 1 heterocycles. The second kappa shape index (κ2) is 6.16. The first-order valence-corrected chi connectivity index (χ1v) is 7.47. The zero-order valence-corrected chi connectivity index (χ0v) is 12.4. The first kappa shape index (κ1) is 13.3. The van der Waals surface area contributed by atoms with E-state index in [4.69, 9.17) is 0 Å². The Hall–Kier alpha value is -1.13. The minimum absolute atomic E-state index is 0.0252. The Morgan fingerprint density at radius 3 is 2.61 bits per heavy atom. The van der Waals surface area contributed by atoms with E-state index in [9.17, 15) is 4.79 Å². The van der Waals surface area contributed by atoms with Gasteiger partial charge in [-0.1, -0.05) is 28.9 Å². The number of nitrogens with one attached hydrogen (secondary N) is 1. The van der Waals surface area contributed by atoms with E-state index in [-0.39, 0.29) is 11.9 Å². The maximum atomic E-state index is 12.1. The summed E-state index contributed by atoms with van der Waals surface area (Å²) in [4.78, 5) is 13.3. The Balaban J connectivity index is 2.08. The molecule has 0 saturated carbocycles. The standard InChI is InChI=1S/C14H14BrNOS/c1-2-12(13-4-3-9-18-13)16-14(17)10-5-7-11(15)8-6-10/h3-9,12H,2H2,1H3,(H,16,17). The lowest BCUT2D eigenvalue weighted by Gasteiger charge is -2.15. The van der Waals surface area contributed by atoms with Crippen LogP contribution < -0.4 is 5.32 Å². The van der Waals surface area contributed by atoms with Gasteiger partial charge in [0, 0.05) is 14.9 Å². The lowest BCUT2D eigenvalue weighted by molar-refractivity contribution is 0.0936. The average Bonchev–Trinajstić information content (AvgIpc) is 2.90. The highest BCUT2D eigenvalue weighted by Gasteiger charge is 2.14. The highest BCUT2D eigenvalue weighted by Crippen LogP contribution is 2.22. The van der Waals surface area contributed by atoms with Gasteiger partial charge in [0.2, 0.25) is 0 Å². The van der Waals surface area contributed by atoms with Gasteiger partial charge >= 0.3 is 0 Å². The van der Waals surface area contributed by atoms with Crippen molar-refractivity contribution in [2.75, 3.05) is 0 Å². The third-order valence-electron chi connectivity index (χ3n) is 2.71. The monoisotopic (exact) mass is 323 g/mol. The van der Waals surface area contributed by atoms with Gasteiger partial charge in [0.05, 0.1) is 6.04 Å². The third kappa shape index (κ3) is 3.21. The van der Waals surface area contributed by atoms with Crippen molar-refractivity contribution in [1.29, 1.82) is 0 Å². The molecule has 1 unspecified atom stereocenters. The Bertz CT molecular complexity index is 507. The van der Waals surface area contributed by atoms with Crippen LogP contribution in [0, 0.1) is 0 Å². The van der Waals surface area contributed by atoms with Crippen molar-refractivity contribution in [3.63, 3.8) is 0 Å². The molecule has 2 nitrogen and oxygen atoms in total. The van der Waals surface area contributed by atoms with Gasteiger partial charge in [-0.15, -0.1) is 11.3 Å². The molecular weight excluding hydrogens is 310 g/mol. The Kier molecular flexibility index (Phi) is 4.55. The predicted molar refractivity (Wildman–Crippen MR) is 79.0 cm³/mol. The zero-order chi connectivity index (χ0) is 13.0. The van der Waals surface area contributed by atoms with Crippen LogP contribution in [0.4, 0.5) is 0 Å². The Labute approximate surface area is 119 Å². The minimum Gasteiger partial charge on any atom is -0.344 e. The van der Waals surface area contributed by atoms with E-state index in [1.807, 2.05) is 35.7 Å². The number of halogens is 1. The molecule has 1 aromatic heterocycles. The van der Waals surface area contributed by atoms with Crippen LogP contribution in [0.1, 0.15) is 34.6 Å². The molecule has 0 radical (unpaired) electrons. The van der Waals surface area contributed by atoms with Crippen LogP contribution in [-0.4, -0.2) is 5.91 Å². The van der Waals surface area contributed by atoms with Crippen molar-refractivity contribution >= 4 is 33.2 Å². The fourth-order valence-electron chi connectivity index (χ4n) is 1.71. The van der Waals surface area contributed by atoms with E-state index in [0.717, 1.165) is 10.9 Å². The van der Waals surface area contributed by atoms with E-state index in [0.29, 0.717) is 5.56 Å². The molecule has 0 aliphatic heterocycles. The van der Waals surface area contributed by atoms with Crippen LogP contribution in [0.5, 0.6) is 0 Å². The fourth-order valence-corrected chi connectivity index (χ4v) is 2.83. The fraction of sp³-hybridized carbons (Fsp3) is 0.214. The summed E-state index contributed by atoms with van der Waals surface area (Å²) in [5.41, 5.74) is 0.688. The molecule has 0 fully saturated rings. The molecule has 1 aromatic carbocycles. The first-order chi connectivity index (χ1) is 8.70. The third-order valence-corrected chi connectivity index (χ3v) is 4.22. The van der Waals surface area contributed by atoms with Crippen molar-refractivity contribution in [2.24, 2.45) is 0 Å². The van der Waals surface area contributed by atoms with Gasteiger partial charge in [0.25, 0.3) is 5.91 Å². The number of carbonyl (C=O) groups excluding carboxylic acids is 1. The van der Waals surface area contributed by atoms with E-state index in [1.165, 1.54) is 4.88 Å². The average molecular weight is 324 g/mol. The molecule has 0 bridgehead atoms. The Morgan fingerprint density at radius 2 is 2.06 bits per heavy atom. The minimum atomic E-state index is -0.0252. The van der Waals surface area contributed by atoms with Crippen molar-refractivity contribution in [3.05, 3.63) is 56.7 Å². The topological polar surface area (TPSA) is 29.1 Å². The van der Waals surface area contributed by atoms with Crippen LogP contribution in [-0.2, 0) is 0 Å². The maximum Gasteiger partial charge on any atom is 0.251 e. The number of benzene rings is 1. The Morgan fingerprint density at radius 1 is 1.33 bits per heavy atom. The van der Waals surface area contributed by atoms with Crippen molar-refractivity contribution in [3.8, 4) is 0 Å². The molecule has 0 spiro atoms. The number of carbonyl (C=O) groups is 1. The van der Waals surface area contributed by atoms with Gasteiger partial charge in [0.15, 0.2) is 0 Å². The first-order valence-electron chi connectivity index (χ1n) is 5.80. The van der Waals surface area contributed by atoms with Gasteiger partial charge in [0.1, 0.15) is 0 Å². The molecule has 1 amide bonds. The largest absolute Gasteiger partial charge is 0.344 e. The van der Waals surface area contributed by atoms with Gasteiger partial charge in [-0.05, 0) is 42.1 Å². The lowest BCUT2D eigenvalue weighted by atomic mass is 10.1. The smallest absolute Gasteiger partial charge is 0.251 e. The number of hydrogen-bond donors (Lipinski definition) is 1. The van der Waals surface area contributed by atoms with Gasteiger partial charge in [-0.3, -0.25) is 4.79 Å². The summed E-state index contributed by atoms with van der Waals surface area (Å²) in [5, 5.41) is 5.09. The second-order valence-electron chi connectivity index (χ2n) is 3.96. The highest BCUT2D eigenvalue weighted by molar-refractivity contribution is 9.10. The molecule has 2 rings (SSSR count). The number of thiophene rings is 1. The van der Waals surface area contributed by atoms with Crippen LogP contribution in [0.2, 0.25) is 0 Å². The zero-order valence-electron chi connectivity index (χ0n) is 10.0. The summed E-state index contributed by atoms with van der Waals surface area (Å²) in [6, 6.07) is 11.6. The molecule has 94 valence electrons. The molecule has 18 heavy (non-hydrogen) atoms. The number of amides is 1. The molecule has 1 N–H and O–H groups in total. The SMILES string of the molecule is CCC(NC(=O)c1ccc(Br)cc1)c1cccs1. The normalized spacial score (nSPS) is 12.1. The van der Waals surface area contributed by atoms with Gasteiger partial charge < -0.3 is 5.32 Å². The summed E-state index contributed by atoms with van der Waals surface area (Å²) in [5.74, 6) is -0.0252. The van der Waals surface area contributed by atoms with E-state index in [2.05, 4.69) is 34.2 Å². The van der Waals surface area contributed by atoms with Crippen molar-refractivity contribution in [2.45, 2.75) is 19.4 Å². The van der Waals surface area contributed by atoms with Crippen LogP contribution in [0.25, 0.3) is 0 Å². The molecule has 4 heteroatoms. The second-order valence-corrected chi connectivity index (χ2v) is 5.85. The van der Waals surface area contributed by atoms with Crippen LogP contribution >= 0.6 is 27.3 Å². The predicted octanol–water partition coefficient (Wildman–Crippen LogP) is 4.39. The lowest BCUT2D eigenvalue weighted by Crippen LogP contribution is -2.27. The van der Waals surface area contributed by atoms with Crippen molar-refractivity contribution in [1.82, 2.24) is 5.32 Å². The number of rotatable bonds is 4. The van der Waals surface area contributed by atoms with Gasteiger partial charge in [-0.2, -0.15) is 0 Å². The summed E-state index contributed by atoms with van der Waals surface area (Å²) in [6.07, 6.45) is 0.892. The molecule has 1 atom stereocenters. The highest BCUT2D eigenvalue weighted by atomic mass is 79.9. The van der Waals surface area contributed by atoms with E-state index < -0.39 is 0 Å². The van der Waals surface area contributed by atoms with Crippen LogP contribution in [0.15, 0.2) is 46.3 Å². The van der Waals surface area contributed by atoms with Crippen LogP contribution in [0.3, 0.4) is 0 Å². The molecule has 0 saturated heterocycles. The summed E-state index contributed by atoms with van der Waals surface area (Å²) in [7, 11) is 0. The molecule has 0 aliphatic carbocycles. The summed E-state index contributed by atoms with van der Waals surface area (Å²) < 4.78 is 0.976. The van der Waals surface area contributed by atoms with E-state index >= 15 is 0 Å².